The van der Waals surface area contributed by atoms with Crippen molar-refractivity contribution in [1.82, 2.24) is 24.8 Å². The summed E-state index contributed by atoms with van der Waals surface area (Å²) in [7, 11) is 3.73. The minimum absolute atomic E-state index is 0.1000. The molecule has 2 heterocycles. The maximum atomic E-state index is 11.9. The first-order chi connectivity index (χ1) is 14.0. The highest BCUT2D eigenvalue weighted by molar-refractivity contribution is 5.82. The summed E-state index contributed by atoms with van der Waals surface area (Å²) in [5, 5.41) is 2.84. The number of carbonyl (C=O) groups excluding carboxylic acids is 1. The molecule has 9 nitrogen and oxygen atoms in total. The van der Waals surface area contributed by atoms with Crippen LogP contribution < -0.4 is 16.0 Å². The molecule has 0 spiro atoms. The number of imidazole rings is 1. The molecule has 0 bridgehead atoms. The number of unbranched alkanes of at least 4 members (excludes halogenated alkanes) is 1. The lowest BCUT2D eigenvalue weighted by atomic mass is 10.1. The minimum Gasteiger partial charge on any atom is -0.450 e. The molecule has 154 valence electrons. The standard InChI is InChI=1S/C20H27N7O2/c1-14(15-9-5-4-6-10-15)23-20(28)29-12-8-7-11-27-13-22-16-17(21)24-19(26(2)3)25-18(16)27/h4-6,9-10,13-14H,7-8,11-12H2,1-3H3,(H,23,28)(H2,21,24,25). The Kier molecular flexibility index (Phi) is 6.48. The number of nitrogens with two attached hydrogens (primary N) is 1. The molecule has 29 heavy (non-hydrogen) atoms. The van der Waals surface area contributed by atoms with E-state index in [4.69, 9.17) is 10.5 Å². The normalized spacial score (nSPS) is 12.0. The molecule has 0 saturated carbocycles. The lowest BCUT2D eigenvalue weighted by molar-refractivity contribution is 0.140. The van der Waals surface area contributed by atoms with E-state index in [-0.39, 0.29) is 6.04 Å². The lowest BCUT2D eigenvalue weighted by Crippen LogP contribution is -2.27. The van der Waals surface area contributed by atoms with E-state index in [2.05, 4.69) is 20.3 Å². The van der Waals surface area contributed by atoms with Crippen LogP contribution in [0.1, 0.15) is 31.4 Å². The average molecular weight is 397 g/mol. The fraction of sp³-hybridized carbons (Fsp3) is 0.400. The Labute approximate surface area is 169 Å². The molecular formula is C20H27N7O2. The predicted molar refractivity (Wildman–Crippen MR) is 113 cm³/mol. The van der Waals surface area contributed by atoms with Gasteiger partial charge in [0.2, 0.25) is 5.95 Å². The van der Waals surface area contributed by atoms with Gasteiger partial charge in [0.05, 0.1) is 19.0 Å². The van der Waals surface area contributed by atoms with Gasteiger partial charge in [-0.2, -0.15) is 9.97 Å². The number of nitrogens with zero attached hydrogens (tertiary/aromatic N) is 5. The molecule has 1 unspecified atom stereocenters. The maximum Gasteiger partial charge on any atom is 0.407 e. The zero-order chi connectivity index (χ0) is 20.8. The SMILES string of the molecule is CC(NC(=O)OCCCCn1cnc2c(N)nc(N(C)C)nc21)c1ccccc1. The van der Waals surface area contributed by atoms with E-state index >= 15 is 0 Å². The number of benzene rings is 1. The predicted octanol–water partition coefficient (Wildman–Crippen LogP) is 2.74. The van der Waals surface area contributed by atoms with Crippen molar-refractivity contribution < 1.29 is 9.53 Å². The van der Waals surface area contributed by atoms with Crippen LogP contribution in [-0.4, -0.2) is 46.3 Å². The highest BCUT2D eigenvalue weighted by Gasteiger charge is 2.13. The molecule has 0 aliphatic carbocycles. The van der Waals surface area contributed by atoms with Gasteiger partial charge in [-0.3, -0.25) is 0 Å². The highest BCUT2D eigenvalue weighted by atomic mass is 16.5. The summed E-state index contributed by atoms with van der Waals surface area (Å²) in [6.45, 7) is 2.97. The third kappa shape index (κ3) is 5.13. The second-order valence-electron chi connectivity index (χ2n) is 7.03. The number of fused-ring (bicyclic) bond motifs is 1. The van der Waals surface area contributed by atoms with Gasteiger partial charge in [0, 0.05) is 20.6 Å². The zero-order valence-electron chi connectivity index (χ0n) is 17.0. The molecule has 0 radical (unpaired) electrons. The van der Waals surface area contributed by atoms with Crippen molar-refractivity contribution in [3.8, 4) is 0 Å². The Bertz CT molecular complexity index is 956. The molecule has 0 aliphatic heterocycles. The van der Waals surface area contributed by atoms with Crippen molar-refractivity contribution in [3.05, 3.63) is 42.2 Å². The Morgan fingerprint density at radius 3 is 2.72 bits per heavy atom. The van der Waals surface area contributed by atoms with Crippen molar-refractivity contribution in [2.24, 2.45) is 0 Å². The Morgan fingerprint density at radius 2 is 2.00 bits per heavy atom. The van der Waals surface area contributed by atoms with Crippen LogP contribution in [0, 0.1) is 0 Å². The summed E-state index contributed by atoms with van der Waals surface area (Å²) < 4.78 is 7.23. The number of nitrogen functional groups attached to an aromatic ring is 1. The summed E-state index contributed by atoms with van der Waals surface area (Å²) >= 11 is 0. The van der Waals surface area contributed by atoms with Gasteiger partial charge in [0.25, 0.3) is 0 Å². The topological polar surface area (TPSA) is 111 Å². The van der Waals surface area contributed by atoms with E-state index in [1.807, 2.05) is 55.9 Å². The van der Waals surface area contributed by atoms with E-state index in [9.17, 15) is 4.79 Å². The van der Waals surface area contributed by atoms with Crippen molar-refractivity contribution in [2.75, 3.05) is 31.3 Å². The number of amides is 1. The number of hydrogen-bond donors (Lipinski definition) is 2. The van der Waals surface area contributed by atoms with Gasteiger partial charge in [-0.15, -0.1) is 0 Å². The van der Waals surface area contributed by atoms with Crippen molar-refractivity contribution in [2.45, 2.75) is 32.4 Å². The number of carbonyl (C=O) groups is 1. The Balaban J connectivity index is 1.45. The molecule has 1 amide bonds. The number of anilines is 2. The average Bonchev–Trinajstić information content (AvgIpc) is 3.12. The first kappa shape index (κ1) is 20.4. The number of aromatic nitrogens is 4. The van der Waals surface area contributed by atoms with Crippen molar-refractivity contribution >= 4 is 29.0 Å². The summed E-state index contributed by atoms with van der Waals surface area (Å²) in [5.41, 5.74) is 8.32. The van der Waals surface area contributed by atoms with Crippen LogP contribution >= 0.6 is 0 Å². The van der Waals surface area contributed by atoms with E-state index in [0.29, 0.717) is 36.1 Å². The van der Waals surface area contributed by atoms with Crippen LogP contribution in [0.4, 0.5) is 16.6 Å². The number of ether oxygens (including phenoxy) is 1. The minimum atomic E-state index is -0.412. The molecule has 0 fully saturated rings. The number of hydrogen-bond acceptors (Lipinski definition) is 7. The number of rotatable bonds is 8. The van der Waals surface area contributed by atoms with Crippen LogP contribution in [0.25, 0.3) is 11.2 Å². The molecule has 1 aromatic carbocycles. The Hall–Kier alpha value is -3.36. The smallest absolute Gasteiger partial charge is 0.407 e. The Morgan fingerprint density at radius 1 is 1.24 bits per heavy atom. The first-order valence-electron chi connectivity index (χ1n) is 9.59. The summed E-state index contributed by atoms with van der Waals surface area (Å²) in [6, 6.07) is 9.67. The second-order valence-corrected chi connectivity index (χ2v) is 7.03. The number of nitrogens with one attached hydrogen (secondary N) is 1. The fourth-order valence-corrected chi connectivity index (χ4v) is 2.91. The lowest BCUT2D eigenvalue weighted by Gasteiger charge is -2.14. The van der Waals surface area contributed by atoms with E-state index in [1.165, 1.54) is 0 Å². The van der Waals surface area contributed by atoms with Crippen LogP contribution in [0.3, 0.4) is 0 Å². The van der Waals surface area contributed by atoms with Gasteiger partial charge in [0.1, 0.15) is 5.52 Å². The van der Waals surface area contributed by atoms with Gasteiger partial charge < -0.3 is 25.3 Å². The molecule has 1 atom stereocenters. The summed E-state index contributed by atoms with van der Waals surface area (Å²) in [6.07, 6.45) is 2.84. The summed E-state index contributed by atoms with van der Waals surface area (Å²) in [5.74, 6) is 0.911. The highest BCUT2D eigenvalue weighted by Crippen LogP contribution is 2.19. The molecule has 3 aromatic rings. The maximum absolute atomic E-state index is 11.9. The van der Waals surface area contributed by atoms with Gasteiger partial charge in [0.15, 0.2) is 11.5 Å². The third-order valence-electron chi connectivity index (χ3n) is 4.54. The van der Waals surface area contributed by atoms with Crippen molar-refractivity contribution in [1.29, 1.82) is 0 Å². The van der Waals surface area contributed by atoms with Crippen LogP contribution in [-0.2, 0) is 11.3 Å². The molecule has 3 rings (SSSR count). The molecule has 3 N–H and O–H groups in total. The van der Waals surface area contributed by atoms with Gasteiger partial charge >= 0.3 is 6.09 Å². The van der Waals surface area contributed by atoms with Gasteiger partial charge in [-0.05, 0) is 25.3 Å². The molecule has 0 saturated heterocycles. The second kappa shape index (κ2) is 9.22. The van der Waals surface area contributed by atoms with Gasteiger partial charge in [-0.1, -0.05) is 30.3 Å². The van der Waals surface area contributed by atoms with Crippen LogP contribution in [0.15, 0.2) is 36.7 Å². The summed E-state index contributed by atoms with van der Waals surface area (Å²) in [4.78, 5) is 26.8. The van der Waals surface area contributed by atoms with E-state index in [1.54, 1.807) is 11.2 Å². The molecule has 2 aromatic heterocycles. The molecule has 9 heteroatoms. The fourth-order valence-electron chi connectivity index (χ4n) is 2.91. The van der Waals surface area contributed by atoms with Crippen LogP contribution in [0.5, 0.6) is 0 Å². The van der Waals surface area contributed by atoms with Crippen LogP contribution in [0.2, 0.25) is 0 Å². The largest absolute Gasteiger partial charge is 0.450 e. The van der Waals surface area contributed by atoms with E-state index < -0.39 is 6.09 Å². The monoisotopic (exact) mass is 397 g/mol. The number of aryl methyl sites for hydroxylation is 1. The molecular weight excluding hydrogens is 370 g/mol. The quantitative estimate of drug-likeness (QED) is 0.562. The molecule has 0 aliphatic rings. The van der Waals surface area contributed by atoms with E-state index in [0.717, 1.165) is 18.4 Å². The zero-order valence-corrected chi connectivity index (χ0v) is 17.0. The van der Waals surface area contributed by atoms with Gasteiger partial charge in [-0.25, -0.2) is 9.78 Å². The number of alkyl carbamates (subject to hydrolysis) is 1. The van der Waals surface area contributed by atoms with Crippen molar-refractivity contribution in [3.63, 3.8) is 0 Å². The first-order valence-corrected chi connectivity index (χ1v) is 9.59. The third-order valence-corrected chi connectivity index (χ3v) is 4.54.